The van der Waals surface area contributed by atoms with Crippen molar-refractivity contribution in [1.82, 2.24) is 0 Å². The van der Waals surface area contributed by atoms with Gasteiger partial charge in [0.2, 0.25) is 0 Å². The van der Waals surface area contributed by atoms with Crippen LogP contribution in [0.4, 0.5) is 0 Å². The van der Waals surface area contributed by atoms with E-state index >= 15 is 0 Å². The lowest BCUT2D eigenvalue weighted by molar-refractivity contribution is -0.149. The Bertz CT molecular complexity index is 564. The van der Waals surface area contributed by atoms with Gasteiger partial charge in [-0.15, -0.1) is 0 Å². The van der Waals surface area contributed by atoms with Crippen LogP contribution in [0.25, 0.3) is 0 Å². The van der Waals surface area contributed by atoms with Crippen LogP contribution in [0.5, 0.6) is 0 Å². The zero-order chi connectivity index (χ0) is 22.4. The highest BCUT2D eigenvalue weighted by atomic mass is 35.5. The van der Waals surface area contributed by atoms with Gasteiger partial charge >= 0.3 is 11.9 Å². The van der Waals surface area contributed by atoms with Crippen LogP contribution in [0, 0.1) is 0 Å². The fourth-order valence-corrected chi connectivity index (χ4v) is 2.43. The molecule has 29 heavy (non-hydrogen) atoms. The largest absolute Gasteiger partial charge is 0.446 e. The van der Waals surface area contributed by atoms with Gasteiger partial charge < -0.3 is 14.2 Å². The highest BCUT2D eigenvalue weighted by Gasteiger charge is 2.15. The van der Waals surface area contributed by atoms with E-state index in [0.717, 1.165) is 11.1 Å². The van der Waals surface area contributed by atoms with Gasteiger partial charge in [-0.2, -0.15) is 0 Å². The Kier molecular flexibility index (Phi) is 14.3. The molecule has 0 amide bonds. The molecule has 164 valence electrons. The average molecular weight is 451 g/mol. The first kappa shape index (κ1) is 27.3. The Morgan fingerprint density at radius 1 is 0.759 bits per heavy atom. The molecule has 0 aromatic rings. The van der Waals surface area contributed by atoms with E-state index in [-0.39, 0.29) is 37.6 Å². The summed E-state index contributed by atoms with van der Waals surface area (Å²) in [6, 6.07) is 0. The Balaban J connectivity index is 3.88. The molecule has 0 rings (SSSR count). The molecular formula is C20H28Cl2O7. The van der Waals surface area contributed by atoms with Crippen molar-refractivity contribution in [3.8, 4) is 0 Å². The molecule has 0 aromatic heterocycles. The van der Waals surface area contributed by atoms with Gasteiger partial charge in [0.25, 0.3) is 0 Å². The summed E-state index contributed by atoms with van der Waals surface area (Å²) >= 11 is 11.8. The maximum Gasteiger partial charge on any atom is 0.314 e. The van der Waals surface area contributed by atoms with Crippen molar-refractivity contribution in [2.45, 2.75) is 63.5 Å². The number of carbonyl (C=O) groups excluding carboxylic acids is 4. The summed E-state index contributed by atoms with van der Waals surface area (Å²) in [5, 5.41) is 0. The molecule has 0 saturated carbocycles. The minimum atomic E-state index is -0.833. The van der Waals surface area contributed by atoms with E-state index in [1.165, 1.54) is 13.8 Å². The zero-order valence-electron chi connectivity index (χ0n) is 16.8. The molecule has 0 fully saturated rings. The van der Waals surface area contributed by atoms with Gasteiger partial charge in [0.15, 0.2) is 11.1 Å². The molecule has 9 heteroatoms. The number of Topliss-reactive ketones (excluding diaryl/α,β-unsaturated/α-hetero) is 2. The van der Waals surface area contributed by atoms with Crippen molar-refractivity contribution in [2.75, 3.05) is 13.2 Å². The number of carbonyl (C=O) groups is 4. The minimum Gasteiger partial charge on any atom is -0.446 e. The Morgan fingerprint density at radius 3 is 1.41 bits per heavy atom. The van der Waals surface area contributed by atoms with Crippen molar-refractivity contribution in [2.24, 2.45) is 0 Å². The van der Waals surface area contributed by atoms with E-state index < -0.39 is 23.1 Å². The number of esters is 2. The van der Waals surface area contributed by atoms with E-state index in [4.69, 9.17) is 37.4 Å². The maximum atomic E-state index is 11.3. The van der Waals surface area contributed by atoms with E-state index in [1.54, 1.807) is 0 Å². The van der Waals surface area contributed by atoms with Gasteiger partial charge in [-0.1, -0.05) is 47.5 Å². The standard InChI is InChI=1S/C20H28Cl2O7/c1-13(5-7-17(21)28-19(25)9-15(3)23)11-27-12-14(2)6-8-18(22)29-20(26)10-16(4)24/h17-18H,1-2,5-12H2,3-4H3. The molecule has 0 N–H and O–H groups in total. The molecule has 0 radical (unpaired) electrons. The van der Waals surface area contributed by atoms with Crippen molar-refractivity contribution < 1.29 is 33.4 Å². The number of alkyl halides is 2. The van der Waals surface area contributed by atoms with Crippen LogP contribution in [0.2, 0.25) is 0 Å². The molecular weight excluding hydrogens is 423 g/mol. The lowest BCUT2D eigenvalue weighted by atomic mass is 10.1. The first-order valence-corrected chi connectivity index (χ1v) is 9.93. The number of rotatable bonds is 16. The van der Waals surface area contributed by atoms with Gasteiger partial charge in [0.1, 0.15) is 24.4 Å². The third kappa shape index (κ3) is 16.9. The highest BCUT2D eigenvalue weighted by Crippen LogP contribution is 2.15. The average Bonchev–Trinajstić information content (AvgIpc) is 2.56. The molecule has 0 heterocycles. The summed E-state index contributed by atoms with van der Waals surface area (Å²) in [5.41, 5.74) is -0.140. The topological polar surface area (TPSA) is 96.0 Å². The first-order valence-electron chi connectivity index (χ1n) is 9.06. The van der Waals surface area contributed by atoms with Crippen LogP contribution in [0.3, 0.4) is 0 Å². The quantitative estimate of drug-likeness (QED) is 0.152. The fraction of sp³-hybridized carbons (Fsp3) is 0.600. The van der Waals surface area contributed by atoms with Crippen LogP contribution < -0.4 is 0 Å². The smallest absolute Gasteiger partial charge is 0.314 e. The maximum absolute atomic E-state index is 11.3. The summed E-state index contributed by atoms with van der Waals surface area (Å²) in [4.78, 5) is 44.3. The summed E-state index contributed by atoms with van der Waals surface area (Å²) in [7, 11) is 0. The lowest BCUT2D eigenvalue weighted by Crippen LogP contribution is -2.16. The summed E-state index contributed by atoms with van der Waals surface area (Å²) in [5.74, 6) is -1.88. The molecule has 0 saturated heterocycles. The predicted octanol–water partition coefficient (Wildman–Crippen LogP) is 3.85. The van der Waals surface area contributed by atoms with Crippen LogP contribution >= 0.6 is 23.2 Å². The third-order valence-electron chi connectivity index (χ3n) is 3.37. The molecule has 7 nitrogen and oxygen atoms in total. The molecule has 0 bridgehead atoms. The normalized spacial score (nSPS) is 12.6. The molecule has 2 unspecified atom stereocenters. The third-order valence-corrected chi connectivity index (χ3v) is 3.98. The molecule has 0 spiro atoms. The Labute approximate surface area is 181 Å². The number of ether oxygens (including phenoxy) is 3. The van der Waals surface area contributed by atoms with Gasteiger partial charge in [0, 0.05) is 12.8 Å². The Morgan fingerprint density at radius 2 is 1.10 bits per heavy atom. The monoisotopic (exact) mass is 450 g/mol. The van der Waals surface area contributed by atoms with Gasteiger partial charge in [-0.25, -0.2) is 0 Å². The van der Waals surface area contributed by atoms with Crippen molar-refractivity contribution >= 4 is 46.7 Å². The van der Waals surface area contributed by atoms with Gasteiger partial charge in [-0.05, 0) is 26.7 Å². The lowest BCUT2D eigenvalue weighted by Gasteiger charge is -2.14. The summed E-state index contributed by atoms with van der Waals surface area (Å²) < 4.78 is 15.3. The van der Waals surface area contributed by atoms with Crippen molar-refractivity contribution in [3.63, 3.8) is 0 Å². The van der Waals surface area contributed by atoms with E-state index in [1.807, 2.05) is 0 Å². The van der Waals surface area contributed by atoms with E-state index in [2.05, 4.69) is 13.2 Å². The van der Waals surface area contributed by atoms with E-state index in [9.17, 15) is 19.2 Å². The van der Waals surface area contributed by atoms with Gasteiger partial charge in [0.05, 0.1) is 13.2 Å². The number of halogens is 2. The fourth-order valence-electron chi connectivity index (χ4n) is 2.01. The number of ketones is 2. The number of hydrogen-bond donors (Lipinski definition) is 0. The van der Waals surface area contributed by atoms with Crippen LogP contribution in [0.1, 0.15) is 52.4 Å². The van der Waals surface area contributed by atoms with Crippen molar-refractivity contribution in [3.05, 3.63) is 24.3 Å². The second-order valence-electron chi connectivity index (χ2n) is 6.63. The first-order chi connectivity index (χ1) is 13.5. The molecule has 0 aliphatic carbocycles. The van der Waals surface area contributed by atoms with Crippen LogP contribution in [0.15, 0.2) is 24.3 Å². The second-order valence-corrected chi connectivity index (χ2v) is 7.60. The molecule has 2 atom stereocenters. The molecule has 0 aromatic carbocycles. The predicted molar refractivity (Wildman–Crippen MR) is 110 cm³/mol. The Hall–Kier alpha value is -1.70. The second kappa shape index (κ2) is 15.2. The van der Waals surface area contributed by atoms with E-state index in [0.29, 0.717) is 25.7 Å². The van der Waals surface area contributed by atoms with Crippen molar-refractivity contribution in [1.29, 1.82) is 0 Å². The van der Waals surface area contributed by atoms with Crippen LogP contribution in [-0.4, -0.2) is 47.8 Å². The highest BCUT2D eigenvalue weighted by molar-refractivity contribution is 6.20. The summed E-state index contributed by atoms with van der Waals surface area (Å²) in [6.45, 7) is 10.9. The SMILES string of the molecule is C=C(CCC(Cl)OC(=O)CC(C)=O)COCC(=C)CCC(Cl)OC(=O)CC(C)=O. The number of hydrogen-bond acceptors (Lipinski definition) is 7. The van der Waals surface area contributed by atoms with Crippen LogP contribution in [-0.2, 0) is 33.4 Å². The minimum absolute atomic E-state index is 0.280. The zero-order valence-corrected chi connectivity index (χ0v) is 18.4. The summed E-state index contributed by atoms with van der Waals surface area (Å²) in [6.07, 6.45) is 1.10. The molecule has 0 aliphatic heterocycles. The van der Waals surface area contributed by atoms with Gasteiger partial charge in [-0.3, -0.25) is 19.2 Å². The molecule has 0 aliphatic rings.